The number of amides is 1. The van der Waals surface area contributed by atoms with Gasteiger partial charge in [-0.25, -0.2) is 9.18 Å². The van der Waals surface area contributed by atoms with Gasteiger partial charge in [-0.15, -0.1) is 0 Å². The van der Waals surface area contributed by atoms with Crippen LogP contribution in [-0.4, -0.2) is 30.8 Å². The molecule has 0 bridgehead atoms. The van der Waals surface area contributed by atoms with E-state index in [4.69, 9.17) is 14.2 Å². The predicted octanol–water partition coefficient (Wildman–Crippen LogP) is 5.36. The predicted molar refractivity (Wildman–Crippen MR) is 120 cm³/mol. The topological polar surface area (TPSA) is 73.9 Å². The summed E-state index contributed by atoms with van der Waals surface area (Å²) in [5.74, 6) is -0.544. The number of rotatable bonds is 10. The highest BCUT2D eigenvalue weighted by Crippen LogP contribution is 2.30. The molecule has 0 fully saturated rings. The lowest BCUT2D eigenvalue weighted by Gasteiger charge is -2.20. The molecule has 0 spiro atoms. The molecule has 0 unspecified atom stereocenters. The van der Waals surface area contributed by atoms with Gasteiger partial charge < -0.3 is 19.5 Å². The van der Waals surface area contributed by atoms with Crippen LogP contribution in [0.25, 0.3) is 0 Å². The fraction of sp³-hybridized carbons (Fsp3) is 0.440. The van der Waals surface area contributed by atoms with Gasteiger partial charge in [0.2, 0.25) is 0 Å². The van der Waals surface area contributed by atoms with E-state index in [9.17, 15) is 14.0 Å². The molecule has 2 aromatic carbocycles. The Bertz CT molecular complexity index is 880. The molecule has 0 saturated heterocycles. The third-order valence-electron chi connectivity index (χ3n) is 4.47. The molecule has 1 amide bonds. The van der Waals surface area contributed by atoms with Crippen LogP contribution in [0.3, 0.4) is 0 Å². The Kier molecular flexibility index (Phi) is 9.50. The first-order chi connectivity index (χ1) is 15.1. The van der Waals surface area contributed by atoms with Crippen LogP contribution in [0.15, 0.2) is 48.5 Å². The third-order valence-corrected chi connectivity index (χ3v) is 4.47. The van der Waals surface area contributed by atoms with E-state index in [1.807, 2.05) is 37.3 Å². The second-order valence-corrected chi connectivity index (χ2v) is 8.56. The number of esters is 1. The van der Waals surface area contributed by atoms with Gasteiger partial charge in [-0.05, 0) is 56.9 Å². The van der Waals surface area contributed by atoms with Crippen LogP contribution in [0.5, 0.6) is 5.75 Å². The number of hydrogen-bond acceptors (Lipinski definition) is 5. The monoisotopic (exact) mass is 445 g/mol. The molecule has 6 nitrogen and oxygen atoms in total. The summed E-state index contributed by atoms with van der Waals surface area (Å²) in [6.07, 6.45) is 0.166. The quantitative estimate of drug-likeness (QED) is 0.394. The van der Waals surface area contributed by atoms with Crippen LogP contribution < -0.4 is 10.1 Å². The highest BCUT2D eigenvalue weighted by Gasteiger charge is 2.18. The zero-order valence-corrected chi connectivity index (χ0v) is 19.2. The molecular formula is C25H32FNO5. The molecule has 32 heavy (non-hydrogen) atoms. The SMILES string of the molecule is C[C@@H](CC(=O)OCc1ccccc1)c1cc(F)ccc1OCCCNC(=O)OC(C)(C)C. The Morgan fingerprint density at radius 3 is 2.50 bits per heavy atom. The molecule has 0 aliphatic carbocycles. The number of ether oxygens (including phenoxy) is 3. The average molecular weight is 446 g/mol. The smallest absolute Gasteiger partial charge is 0.407 e. The average Bonchev–Trinajstić information content (AvgIpc) is 2.72. The largest absolute Gasteiger partial charge is 0.493 e. The van der Waals surface area contributed by atoms with Crippen LogP contribution in [-0.2, 0) is 20.9 Å². The van der Waals surface area contributed by atoms with Gasteiger partial charge in [0.1, 0.15) is 23.8 Å². The summed E-state index contributed by atoms with van der Waals surface area (Å²) < 4.78 is 30.2. The Labute approximate surface area is 189 Å². The molecule has 2 aromatic rings. The molecule has 0 aliphatic heterocycles. The van der Waals surface area contributed by atoms with Crippen molar-refractivity contribution < 1.29 is 28.2 Å². The van der Waals surface area contributed by atoms with E-state index in [-0.39, 0.29) is 24.9 Å². The number of carbonyl (C=O) groups excluding carboxylic acids is 2. The molecule has 0 aliphatic rings. The van der Waals surface area contributed by atoms with Crippen molar-refractivity contribution >= 4 is 12.1 Å². The summed E-state index contributed by atoms with van der Waals surface area (Å²) in [6.45, 7) is 8.12. The fourth-order valence-electron chi connectivity index (χ4n) is 2.95. The van der Waals surface area contributed by atoms with Crippen LogP contribution in [0, 0.1) is 5.82 Å². The van der Waals surface area contributed by atoms with E-state index in [1.54, 1.807) is 26.8 Å². The summed E-state index contributed by atoms with van der Waals surface area (Å²) in [7, 11) is 0. The maximum Gasteiger partial charge on any atom is 0.407 e. The summed E-state index contributed by atoms with van der Waals surface area (Å²) in [5.41, 5.74) is 0.951. The van der Waals surface area contributed by atoms with E-state index in [1.165, 1.54) is 12.1 Å². The minimum absolute atomic E-state index is 0.104. The third kappa shape index (κ3) is 9.37. The number of carbonyl (C=O) groups is 2. The Morgan fingerprint density at radius 1 is 1.09 bits per heavy atom. The van der Waals surface area contributed by atoms with Crippen molar-refractivity contribution in [2.45, 2.75) is 58.7 Å². The van der Waals surface area contributed by atoms with Crippen molar-refractivity contribution in [2.75, 3.05) is 13.2 Å². The second kappa shape index (κ2) is 12.1. The van der Waals surface area contributed by atoms with Crippen molar-refractivity contribution in [3.05, 3.63) is 65.5 Å². The lowest BCUT2D eigenvalue weighted by Crippen LogP contribution is -2.33. The van der Waals surface area contributed by atoms with Gasteiger partial charge in [-0.1, -0.05) is 37.3 Å². The van der Waals surface area contributed by atoms with E-state index >= 15 is 0 Å². The van der Waals surface area contributed by atoms with Crippen LogP contribution in [0.2, 0.25) is 0 Å². The second-order valence-electron chi connectivity index (χ2n) is 8.56. The maximum atomic E-state index is 13.8. The van der Waals surface area contributed by atoms with Gasteiger partial charge in [0.15, 0.2) is 0 Å². The molecular weight excluding hydrogens is 413 g/mol. The van der Waals surface area contributed by atoms with E-state index in [2.05, 4.69) is 5.32 Å². The lowest BCUT2D eigenvalue weighted by molar-refractivity contribution is -0.145. The maximum absolute atomic E-state index is 13.8. The van der Waals surface area contributed by atoms with Crippen molar-refractivity contribution in [3.8, 4) is 5.75 Å². The minimum Gasteiger partial charge on any atom is -0.493 e. The fourth-order valence-corrected chi connectivity index (χ4v) is 2.95. The van der Waals surface area contributed by atoms with Gasteiger partial charge in [0.05, 0.1) is 13.0 Å². The number of benzene rings is 2. The lowest BCUT2D eigenvalue weighted by atomic mass is 9.96. The minimum atomic E-state index is -0.554. The number of nitrogens with one attached hydrogen (secondary N) is 1. The molecule has 0 aromatic heterocycles. The van der Waals surface area contributed by atoms with Gasteiger partial charge in [-0.3, -0.25) is 4.79 Å². The summed E-state index contributed by atoms with van der Waals surface area (Å²) in [4.78, 5) is 23.9. The molecule has 0 saturated carbocycles. The highest BCUT2D eigenvalue weighted by molar-refractivity contribution is 5.70. The highest BCUT2D eigenvalue weighted by atomic mass is 19.1. The Balaban J connectivity index is 1.83. The zero-order valence-electron chi connectivity index (χ0n) is 19.2. The number of alkyl carbamates (subject to hydrolysis) is 1. The molecule has 2 rings (SSSR count). The van der Waals surface area contributed by atoms with Crippen LogP contribution >= 0.6 is 0 Å². The number of halogens is 1. The molecule has 7 heteroatoms. The van der Waals surface area contributed by atoms with Gasteiger partial charge in [0, 0.05) is 12.1 Å². The summed E-state index contributed by atoms with van der Waals surface area (Å²) in [6, 6.07) is 13.7. The van der Waals surface area contributed by atoms with E-state index < -0.39 is 17.5 Å². The molecule has 0 radical (unpaired) electrons. The first-order valence-corrected chi connectivity index (χ1v) is 10.7. The first kappa shape index (κ1) is 25.2. The van der Waals surface area contributed by atoms with E-state index in [0.29, 0.717) is 30.9 Å². The summed E-state index contributed by atoms with van der Waals surface area (Å²) in [5, 5.41) is 2.66. The van der Waals surface area contributed by atoms with Crippen molar-refractivity contribution in [1.29, 1.82) is 0 Å². The van der Waals surface area contributed by atoms with Gasteiger partial charge in [-0.2, -0.15) is 0 Å². The number of hydrogen-bond donors (Lipinski definition) is 1. The van der Waals surface area contributed by atoms with Crippen molar-refractivity contribution in [2.24, 2.45) is 0 Å². The van der Waals surface area contributed by atoms with Crippen LogP contribution in [0.4, 0.5) is 9.18 Å². The first-order valence-electron chi connectivity index (χ1n) is 10.7. The normalized spacial score (nSPS) is 12.0. The van der Waals surface area contributed by atoms with E-state index in [0.717, 1.165) is 5.56 Å². The van der Waals surface area contributed by atoms with Crippen molar-refractivity contribution in [3.63, 3.8) is 0 Å². The molecule has 1 N–H and O–H groups in total. The van der Waals surface area contributed by atoms with Gasteiger partial charge in [0.25, 0.3) is 0 Å². The van der Waals surface area contributed by atoms with Crippen molar-refractivity contribution in [1.82, 2.24) is 5.32 Å². The summed E-state index contributed by atoms with van der Waals surface area (Å²) >= 11 is 0. The molecule has 174 valence electrons. The molecule has 1 atom stereocenters. The molecule has 0 heterocycles. The Morgan fingerprint density at radius 2 is 1.81 bits per heavy atom. The zero-order chi connectivity index (χ0) is 23.6. The standard InChI is InChI=1S/C25H32FNO5/c1-18(15-23(28)31-17-19-9-6-5-7-10-19)21-16-20(26)11-12-22(21)30-14-8-13-27-24(29)32-25(2,3)4/h5-7,9-12,16,18H,8,13-15,17H2,1-4H3,(H,27,29)/t18-/m0/s1. The Hall–Kier alpha value is -3.09. The van der Waals surface area contributed by atoms with Gasteiger partial charge >= 0.3 is 12.1 Å². The van der Waals surface area contributed by atoms with Crippen LogP contribution in [0.1, 0.15) is 57.6 Å².